The first-order valence-corrected chi connectivity index (χ1v) is 6.67. The van der Waals surface area contributed by atoms with Crippen molar-refractivity contribution in [3.8, 4) is 0 Å². The van der Waals surface area contributed by atoms with Crippen LogP contribution in [0.15, 0.2) is 18.2 Å². The Labute approximate surface area is 131 Å². The third-order valence-electron chi connectivity index (χ3n) is 3.64. The van der Waals surface area contributed by atoms with E-state index < -0.39 is 23.5 Å². The fourth-order valence-electron chi connectivity index (χ4n) is 2.36. The average Bonchev–Trinajstić information content (AvgIpc) is 2.40. The smallest absolute Gasteiger partial charge is 0.349 e. The zero-order valence-corrected chi connectivity index (χ0v) is 12.7. The Morgan fingerprint density at radius 3 is 2.64 bits per heavy atom. The number of benzene rings is 1. The molecule has 0 bridgehead atoms. The van der Waals surface area contributed by atoms with E-state index in [1.54, 1.807) is 0 Å². The van der Waals surface area contributed by atoms with Crippen LogP contribution in [0.3, 0.4) is 0 Å². The van der Waals surface area contributed by atoms with Crippen LogP contribution in [0.2, 0.25) is 0 Å². The minimum atomic E-state index is -4.82. The average molecular weight is 341 g/mol. The first-order valence-electron chi connectivity index (χ1n) is 6.67. The number of carbonyl (C=O) groups excluding carboxylic acids is 1. The number of rotatable bonds is 2. The van der Waals surface area contributed by atoms with Crippen LogP contribution in [0.5, 0.6) is 0 Å². The topological polar surface area (TPSA) is 41.1 Å². The van der Waals surface area contributed by atoms with Gasteiger partial charge < -0.3 is 10.6 Å². The van der Waals surface area contributed by atoms with Crippen LogP contribution in [0.25, 0.3) is 0 Å². The number of carbonyl (C=O) groups is 1. The maximum absolute atomic E-state index is 13.2. The molecule has 2 N–H and O–H groups in total. The van der Waals surface area contributed by atoms with E-state index in [-0.39, 0.29) is 29.9 Å². The van der Waals surface area contributed by atoms with Gasteiger partial charge in [-0.25, -0.2) is 4.39 Å². The Kier molecular flexibility index (Phi) is 6.19. The van der Waals surface area contributed by atoms with Crippen molar-refractivity contribution in [2.75, 3.05) is 13.1 Å². The minimum absolute atomic E-state index is 0. The summed E-state index contributed by atoms with van der Waals surface area (Å²) in [5, 5.41) is 5.88. The fourth-order valence-corrected chi connectivity index (χ4v) is 2.36. The molecular formula is C14H17ClF4N2O. The van der Waals surface area contributed by atoms with E-state index >= 15 is 0 Å². The molecule has 1 heterocycles. The molecule has 1 fully saturated rings. The summed E-state index contributed by atoms with van der Waals surface area (Å²) in [7, 11) is 0. The van der Waals surface area contributed by atoms with Crippen LogP contribution in [0.1, 0.15) is 29.3 Å². The van der Waals surface area contributed by atoms with Gasteiger partial charge in [0, 0.05) is 11.6 Å². The van der Waals surface area contributed by atoms with Crippen molar-refractivity contribution in [2.24, 2.45) is 5.92 Å². The molecule has 1 aromatic carbocycles. The van der Waals surface area contributed by atoms with Gasteiger partial charge in [-0.05, 0) is 43.6 Å². The summed E-state index contributed by atoms with van der Waals surface area (Å²) in [6.07, 6.45) is -4.11. The van der Waals surface area contributed by atoms with E-state index in [9.17, 15) is 22.4 Å². The van der Waals surface area contributed by atoms with Gasteiger partial charge in [-0.1, -0.05) is 6.92 Å². The van der Waals surface area contributed by atoms with Gasteiger partial charge in [-0.2, -0.15) is 13.2 Å². The summed E-state index contributed by atoms with van der Waals surface area (Å²) in [5.74, 6) is -1.81. The predicted molar refractivity (Wildman–Crippen MR) is 76.6 cm³/mol. The molecule has 0 radical (unpaired) electrons. The second-order valence-electron chi connectivity index (χ2n) is 5.24. The van der Waals surface area contributed by atoms with Crippen LogP contribution < -0.4 is 10.6 Å². The van der Waals surface area contributed by atoms with Crippen LogP contribution in [-0.2, 0) is 6.18 Å². The summed E-state index contributed by atoms with van der Waals surface area (Å²) in [5.41, 5.74) is -1.61. The standard InChI is InChI=1S/C14H16F4N2O.ClH/c1-8-7-19-5-4-12(8)20-13(21)9-2-3-11(15)10(6-9)14(16,17)18;/h2-3,6,8,12,19H,4-5,7H2,1H3,(H,20,21);1H. The summed E-state index contributed by atoms with van der Waals surface area (Å²) < 4.78 is 51.1. The molecule has 1 aromatic rings. The SMILES string of the molecule is CC1CNCCC1NC(=O)c1ccc(F)c(C(F)(F)F)c1.Cl. The maximum Gasteiger partial charge on any atom is 0.419 e. The molecule has 22 heavy (non-hydrogen) atoms. The molecule has 2 unspecified atom stereocenters. The second-order valence-corrected chi connectivity index (χ2v) is 5.24. The van der Waals surface area contributed by atoms with E-state index in [2.05, 4.69) is 10.6 Å². The van der Waals surface area contributed by atoms with Crippen molar-refractivity contribution in [3.05, 3.63) is 35.1 Å². The molecule has 0 spiro atoms. The molecule has 124 valence electrons. The van der Waals surface area contributed by atoms with E-state index in [0.717, 1.165) is 19.2 Å². The summed E-state index contributed by atoms with van der Waals surface area (Å²) >= 11 is 0. The third-order valence-corrected chi connectivity index (χ3v) is 3.64. The van der Waals surface area contributed by atoms with E-state index in [4.69, 9.17) is 0 Å². The number of amides is 1. The number of alkyl halides is 3. The van der Waals surface area contributed by atoms with E-state index in [1.165, 1.54) is 0 Å². The highest BCUT2D eigenvalue weighted by Crippen LogP contribution is 2.31. The van der Waals surface area contributed by atoms with Crippen LogP contribution in [0.4, 0.5) is 17.6 Å². The molecule has 1 saturated heterocycles. The third kappa shape index (κ3) is 4.33. The van der Waals surface area contributed by atoms with Crippen molar-refractivity contribution in [3.63, 3.8) is 0 Å². The number of hydrogen-bond donors (Lipinski definition) is 2. The lowest BCUT2D eigenvalue weighted by Gasteiger charge is -2.30. The first-order chi connectivity index (χ1) is 9.79. The van der Waals surface area contributed by atoms with Gasteiger partial charge in [0.05, 0.1) is 5.56 Å². The zero-order valence-electron chi connectivity index (χ0n) is 11.8. The molecule has 0 aliphatic carbocycles. The largest absolute Gasteiger partial charge is 0.419 e. The van der Waals surface area contributed by atoms with Crippen molar-refractivity contribution in [1.82, 2.24) is 10.6 Å². The Morgan fingerprint density at radius 2 is 2.05 bits per heavy atom. The second kappa shape index (κ2) is 7.28. The molecule has 2 rings (SSSR count). The Balaban J connectivity index is 0.00000242. The maximum atomic E-state index is 13.2. The molecule has 3 nitrogen and oxygen atoms in total. The summed E-state index contributed by atoms with van der Waals surface area (Å²) in [6, 6.07) is 2.18. The summed E-state index contributed by atoms with van der Waals surface area (Å²) in [4.78, 5) is 12.0. The molecule has 1 amide bonds. The lowest BCUT2D eigenvalue weighted by molar-refractivity contribution is -0.140. The molecule has 1 aliphatic heterocycles. The minimum Gasteiger partial charge on any atom is -0.349 e. The lowest BCUT2D eigenvalue weighted by Crippen LogP contribution is -2.48. The molecule has 0 saturated carbocycles. The number of hydrogen-bond acceptors (Lipinski definition) is 2. The zero-order chi connectivity index (χ0) is 15.6. The molecular weight excluding hydrogens is 324 g/mol. The molecule has 0 aromatic heterocycles. The number of halogens is 5. The number of piperidine rings is 1. The van der Waals surface area contributed by atoms with Crippen LogP contribution in [-0.4, -0.2) is 25.0 Å². The van der Waals surface area contributed by atoms with Gasteiger partial charge in [-0.15, -0.1) is 12.4 Å². The van der Waals surface area contributed by atoms with Crippen molar-refractivity contribution in [2.45, 2.75) is 25.6 Å². The fraction of sp³-hybridized carbons (Fsp3) is 0.500. The monoisotopic (exact) mass is 340 g/mol. The number of nitrogens with one attached hydrogen (secondary N) is 2. The quantitative estimate of drug-likeness (QED) is 0.813. The van der Waals surface area contributed by atoms with Gasteiger partial charge in [0.25, 0.3) is 5.91 Å². The predicted octanol–water partition coefficient (Wildman–Crippen LogP) is 2.99. The molecule has 1 aliphatic rings. The Bertz CT molecular complexity index is 536. The van der Waals surface area contributed by atoms with E-state index in [1.807, 2.05) is 6.92 Å². The van der Waals surface area contributed by atoms with Crippen molar-refractivity contribution >= 4 is 18.3 Å². The normalized spacial score (nSPS) is 21.9. The highest BCUT2D eigenvalue weighted by molar-refractivity contribution is 5.94. The Morgan fingerprint density at radius 1 is 1.36 bits per heavy atom. The highest BCUT2D eigenvalue weighted by Gasteiger charge is 2.35. The van der Waals surface area contributed by atoms with Gasteiger partial charge >= 0.3 is 6.18 Å². The van der Waals surface area contributed by atoms with Crippen LogP contribution >= 0.6 is 12.4 Å². The van der Waals surface area contributed by atoms with Crippen LogP contribution in [0, 0.1) is 11.7 Å². The van der Waals surface area contributed by atoms with Crippen molar-refractivity contribution in [1.29, 1.82) is 0 Å². The van der Waals surface area contributed by atoms with Gasteiger partial charge in [-0.3, -0.25) is 4.79 Å². The van der Waals surface area contributed by atoms with E-state index in [0.29, 0.717) is 18.6 Å². The molecule has 8 heteroatoms. The summed E-state index contributed by atoms with van der Waals surface area (Å²) in [6.45, 7) is 3.43. The van der Waals surface area contributed by atoms with Gasteiger partial charge in [0.2, 0.25) is 0 Å². The Hall–Kier alpha value is -1.34. The molecule has 2 atom stereocenters. The first kappa shape index (κ1) is 18.7. The van der Waals surface area contributed by atoms with Crippen molar-refractivity contribution < 1.29 is 22.4 Å². The highest BCUT2D eigenvalue weighted by atomic mass is 35.5. The lowest BCUT2D eigenvalue weighted by atomic mass is 9.95. The van der Waals surface area contributed by atoms with Gasteiger partial charge in [0.1, 0.15) is 5.82 Å². The van der Waals surface area contributed by atoms with Gasteiger partial charge in [0.15, 0.2) is 0 Å².